The van der Waals surface area contributed by atoms with Crippen LogP contribution in [-0.2, 0) is 11.3 Å². The molecule has 1 unspecified atom stereocenters. The monoisotopic (exact) mass is 415 g/mol. The second kappa shape index (κ2) is 10.6. The molecule has 1 aromatic carbocycles. The van der Waals surface area contributed by atoms with Gasteiger partial charge in [-0.25, -0.2) is 0 Å². The molecule has 1 fully saturated rings. The van der Waals surface area contributed by atoms with E-state index in [9.17, 15) is 4.79 Å². The van der Waals surface area contributed by atoms with Crippen LogP contribution in [0.2, 0.25) is 0 Å². The number of thiocarbonyl (C=S) groups is 1. The first-order chi connectivity index (χ1) is 13.6. The third-order valence-corrected chi connectivity index (χ3v) is 6.50. The Hall–Kier alpha value is -1.92. The predicted octanol–water partition coefficient (Wildman–Crippen LogP) is 4.63. The number of nitrogens with one attached hydrogen (secondary N) is 2. The number of thiophene rings is 1. The van der Waals surface area contributed by atoms with Crippen LogP contribution in [0.5, 0.6) is 0 Å². The number of carbonyl (C=O) groups is 1. The molecule has 3 rings (SSSR count). The number of rotatable bonds is 7. The molecular weight excluding hydrogens is 386 g/mol. The summed E-state index contributed by atoms with van der Waals surface area (Å²) in [4.78, 5) is 16.0. The van der Waals surface area contributed by atoms with Crippen molar-refractivity contribution in [2.75, 3.05) is 6.54 Å². The average molecular weight is 416 g/mol. The quantitative estimate of drug-likeness (QED) is 0.647. The van der Waals surface area contributed by atoms with Crippen molar-refractivity contribution in [3.8, 4) is 0 Å². The van der Waals surface area contributed by atoms with E-state index < -0.39 is 0 Å². The SMILES string of the molecule is CC(NC(=O)CNC(=S)N(Cc1cccs1)C1CCCCC1)c1ccccc1. The lowest BCUT2D eigenvalue weighted by Gasteiger charge is -2.36. The molecular formula is C22H29N3OS2. The highest BCUT2D eigenvalue weighted by Gasteiger charge is 2.24. The van der Waals surface area contributed by atoms with Gasteiger partial charge in [-0.2, -0.15) is 0 Å². The first-order valence-electron chi connectivity index (χ1n) is 10.0. The number of carbonyl (C=O) groups excluding carboxylic acids is 1. The van der Waals surface area contributed by atoms with Gasteiger partial charge in [0.05, 0.1) is 19.1 Å². The smallest absolute Gasteiger partial charge is 0.239 e. The highest BCUT2D eigenvalue weighted by Crippen LogP contribution is 2.25. The van der Waals surface area contributed by atoms with Gasteiger partial charge in [-0.05, 0) is 49.0 Å². The summed E-state index contributed by atoms with van der Waals surface area (Å²) in [6.07, 6.45) is 6.16. The lowest BCUT2D eigenvalue weighted by molar-refractivity contribution is -0.120. The molecule has 0 radical (unpaired) electrons. The molecule has 0 bridgehead atoms. The highest BCUT2D eigenvalue weighted by molar-refractivity contribution is 7.80. The molecule has 0 spiro atoms. The highest BCUT2D eigenvalue weighted by atomic mass is 32.1. The number of benzene rings is 1. The second-order valence-electron chi connectivity index (χ2n) is 7.36. The van der Waals surface area contributed by atoms with Gasteiger partial charge < -0.3 is 15.5 Å². The summed E-state index contributed by atoms with van der Waals surface area (Å²) < 4.78 is 0. The molecule has 1 aliphatic rings. The van der Waals surface area contributed by atoms with Crippen molar-refractivity contribution in [1.29, 1.82) is 0 Å². The van der Waals surface area contributed by atoms with Crippen molar-refractivity contribution >= 4 is 34.6 Å². The molecule has 1 atom stereocenters. The number of hydrogen-bond acceptors (Lipinski definition) is 3. The van der Waals surface area contributed by atoms with Crippen molar-refractivity contribution in [3.05, 3.63) is 58.3 Å². The summed E-state index contributed by atoms with van der Waals surface area (Å²) in [5, 5.41) is 9.02. The molecule has 28 heavy (non-hydrogen) atoms. The number of nitrogens with zero attached hydrogens (tertiary/aromatic N) is 1. The molecule has 0 aliphatic heterocycles. The van der Waals surface area contributed by atoms with Crippen molar-refractivity contribution in [2.24, 2.45) is 0 Å². The Labute approximate surface area is 177 Å². The Balaban J connectivity index is 1.54. The minimum Gasteiger partial charge on any atom is -0.353 e. The van der Waals surface area contributed by atoms with E-state index in [0.717, 1.165) is 12.1 Å². The first-order valence-corrected chi connectivity index (χ1v) is 11.3. The molecule has 1 saturated carbocycles. The standard InChI is InChI=1S/C22H29N3OS2/c1-17(18-9-4-2-5-10-18)24-21(26)15-23-22(27)25(16-20-13-8-14-28-20)19-11-6-3-7-12-19/h2,4-5,8-10,13-14,17,19H,3,6-7,11-12,15-16H2,1H3,(H,23,27)(H,24,26). The Kier molecular flexibility index (Phi) is 7.86. The van der Waals surface area contributed by atoms with Crippen LogP contribution in [-0.4, -0.2) is 28.5 Å². The fraction of sp³-hybridized carbons (Fsp3) is 0.455. The van der Waals surface area contributed by atoms with E-state index in [2.05, 4.69) is 33.0 Å². The van der Waals surface area contributed by atoms with Gasteiger partial charge in [-0.15, -0.1) is 11.3 Å². The van der Waals surface area contributed by atoms with Gasteiger partial charge in [-0.1, -0.05) is 55.7 Å². The van der Waals surface area contributed by atoms with Crippen LogP contribution >= 0.6 is 23.6 Å². The maximum absolute atomic E-state index is 12.4. The summed E-state index contributed by atoms with van der Waals surface area (Å²) in [7, 11) is 0. The summed E-state index contributed by atoms with van der Waals surface area (Å²) in [6.45, 7) is 3.01. The molecule has 2 N–H and O–H groups in total. The average Bonchev–Trinajstić information content (AvgIpc) is 3.25. The maximum atomic E-state index is 12.4. The van der Waals surface area contributed by atoms with Gasteiger partial charge >= 0.3 is 0 Å². The Morgan fingerprint density at radius 1 is 1.18 bits per heavy atom. The summed E-state index contributed by atoms with van der Waals surface area (Å²) >= 11 is 7.45. The normalized spacial score (nSPS) is 15.6. The van der Waals surface area contributed by atoms with Crippen molar-refractivity contribution in [3.63, 3.8) is 0 Å². The topological polar surface area (TPSA) is 44.4 Å². The van der Waals surface area contributed by atoms with Gasteiger partial charge in [-0.3, -0.25) is 4.79 Å². The zero-order valence-corrected chi connectivity index (χ0v) is 18.0. The molecule has 6 heteroatoms. The summed E-state index contributed by atoms with van der Waals surface area (Å²) in [6, 6.07) is 14.7. The van der Waals surface area contributed by atoms with Crippen LogP contribution in [0.15, 0.2) is 47.8 Å². The molecule has 1 aromatic heterocycles. The molecule has 1 heterocycles. The van der Waals surface area contributed by atoms with Gasteiger partial charge in [0, 0.05) is 10.9 Å². The molecule has 1 aliphatic carbocycles. The molecule has 1 amide bonds. The Morgan fingerprint density at radius 2 is 1.93 bits per heavy atom. The van der Waals surface area contributed by atoms with Crippen LogP contribution in [0, 0.1) is 0 Å². The van der Waals surface area contributed by atoms with Gasteiger partial charge in [0.2, 0.25) is 5.91 Å². The zero-order valence-electron chi connectivity index (χ0n) is 16.4. The van der Waals surface area contributed by atoms with Gasteiger partial charge in [0.1, 0.15) is 0 Å². The Bertz CT molecular complexity index is 742. The molecule has 2 aromatic rings. The minimum absolute atomic E-state index is 0.0235. The van der Waals surface area contributed by atoms with Crippen molar-refractivity contribution < 1.29 is 4.79 Å². The second-order valence-corrected chi connectivity index (χ2v) is 8.78. The lowest BCUT2D eigenvalue weighted by Crippen LogP contribution is -2.48. The number of amides is 1. The van der Waals surface area contributed by atoms with Crippen LogP contribution < -0.4 is 10.6 Å². The maximum Gasteiger partial charge on any atom is 0.239 e. The molecule has 0 saturated heterocycles. The van der Waals surface area contributed by atoms with E-state index >= 15 is 0 Å². The first kappa shape index (κ1) is 20.8. The van der Waals surface area contributed by atoms with Crippen molar-refractivity contribution in [1.82, 2.24) is 15.5 Å². The van der Waals surface area contributed by atoms with Crippen molar-refractivity contribution in [2.45, 2.75) is 57.7 Å². The van der Waals surface area contributed by atoms with E-state index in [1.807, 2.05) is 37.3 Å². The molecule has 150 valence electrons. The van der Waals surface area contributed by atoms with Gasteiger partial charge in [0.15, 0.2) is 5.11 Å². The van der Waals surface area contributed by atoms with Crippen LogP contribution in [0.25, 0.3) is 0 Å². The van der Waals surface area contributed by atoms with Crippen LogP contribution in [0.4, 0.5) is 0 Å². The van der Waals surface area contributed by atoms with E-state index in [1.165, 1.54) is 37.0 Å². The van der Waals surface area contributed by atoms with E-state index in [1.54, 1.807) is 11.3 Å². The van der Waals surface area contributed by atoms with E-state index in [-0.39, 0.29) is 18.5 Å². The fourth-order valence-corrected chi connectivity index (χ4v) is 4.69. The minimum atomic E-state index is -0.0431. The third-order valence-electron chi connectivity index (χ3n) is 5.26. The van der Waals surface area contributed by atoms with Crippen LogP contribution in [0.1, 0.15) is 55.5 Å². The van der Waals surface area contributed by atoms with Gasteiger partial charge in [0.25, 0.3) is 0 Å². The van der Waals surface area contributed by atoms with Crippen LogP contribution in [0.3, 0.4) is 0 Å². The Morgan fingerprint density at radius 3 is 2.61 bits per heavy atom. The van der Waals surface area contributed by atoms with E-state index in [4.69, 9.17) is 12.2 Å². The predicted molar refractivity (Wildman–Crippen MR) is 120 cm³/mol. The third kappa shape index (κ3) is 6.04. The lowest BCUT2D eigenvalue weighted by atomic mass is 9.94. The summed E-state index contributed by atoms with van der Waals surface area (Å²) in [5.74, 6) is -0.0431. The zero-order chi connectivity index (χ0) is 19.8. The summed E-state index contributed by atoms with van der Waals surface area (Å²) in [5.41, 5.74) is 1.10. The number of hydrogen-bond donors (Lipinski definition) is 2. The fourth-order valence-electron chi connectivity index (χ4n) is 3.70. The van der Waals surface area contributed by atoms with E-state index in [0.29, 0.717) is 11.2 Å². The molecule has 4 nitrogen and oxygen atoms in total. The largest absolute Gasteiger partial charge is 0.353 e.